The molecule has 220 valence electrons. The second kappa shape index (κ2) is 21.9. The highest BCUT2D eigenvalue weighted by Crippen LogP contribution is 2.61. The molecule has 0 radical (unpaired) electrons. The lowest BCUT2D eigenvalue weighted by molar-refractivity contribution is 0.340. The molecule has 0 bridgehead atoms. The molecule has 4 nitrogen and oxygen atoms in total. The van der Waals surface area contributed by atoms with Crippen molar-refractivity contribution in [3.63, 3.8) is 0 Å². The Labute approximate surface area is 246 Å². The number of hydrogen-bond acceptors (Lipinski definition) is 3. The van der Waals surface area contributed by atoms with Crippen LogP contribution in [0.25, 0.3) is 0 Å². The van der Waals surface area contributed by atoms with Crippen molar-refractivity contribution in [2.24, 2.45) is 0 Å². The molecule has 0 saturated carbocycles. The van der Waals surface area contributed by atoms with E-state index >= 15 is 0 Å². The van der Waals surface area contributed by atoms with Gasteiger partial charge in [0.2, 0.25) is 0 Å². The van der Waals surface area contributed by atoms with Crippen LogP contribution in [0.2, 0.25) is 0 Å². The number of benzene rings is 2. The molecule has 2 N–H and O–H groups in total. The van der Waals surface area contributed by atoms with E-state index in [1.807, 2.05) is 62.4 Å². The van der Waals surface area contributed by atoms with E-state index in [1.54, 1.807) is 24.6 Å². The predicted octanol–water partition coefficient (Wildman–Crippen LogP) is 10.5. The van der Waals surface area contributed by atoms with Crippen molar-refractivity contribution in [1.82, 2.24) is 0 Å². The first-order valence-electron chi connectivity index (χ1n) is 15.3. The lowest BCUT2D eigenvalue weighted by Gasteiger charge is -2.28. The van der Waals surface area contributed by atoms with Crippen LogP contribution in [0.5, 0.6) is 11.5 Å². The lowest BCUT2D eigenvalue weighted by Crippen LogP contribution is -2.18. The van der Waals surface area contributed by atoms with Crippen molar-refractivity contribution in [2.75, 3.05) is 48.5 Å². The number of thiocarbonyl (C=S) groups is 1. The van der Waals surface area contributed by atoms with E-state index in [1.165, 1.54) is 51.4 Å². The Kier molecular flexibility index (Phi) is 19.8. The molecule has 2 aromatic carbocycles. The third-order valence-corrected chi connectivity index (χ3v) is 12.1. The molecule has 0 unspecified atom stereocenters. The van der Waals surface area contributed by atoms with Crippen molar-refractivity contribution in [3.8, 4) is 11.5 Å². The maximum atomic E-state index is 5.40. The molecule has 0 aliphatic heterocycles. The quantitative estimate of drug-likeness (QED) is 0.137. The number of anilines is 2. The van der Waals surface area contributed by atoms with Gasteiger partial charge in [-0.1, -0.05) is 53.4 Å². The maximum Gasteiger partial charge on any atom is 0.175 e. The molecule has 39 heavy (non-hydrogen) atoms. The van der Waals surface area contributed by atoms with Gasteiger partial charge >= 0.3 is 0 Å². The highest BCUT2D eigenvalue weighted by molar-refractivity contribution is 7.80. The molecule has 0 aliphatic carbocycles. The van der Waals surface area contributed by atoms with Crippen molar-refractivity contribution >= 4 is 36.0 Å². The summed E-state index contributed by atoms with van der Waals surface area (Å²) in [7, 11) is -0.562. The van der Waals surface area contributed by atoms with E-state index in [0.717, 1.165) is 22.9 Å². The van der Waals surface area contributed by atoms with Crippen LogP contribution >= 0.6 is 19.5 Å². The number of hydrogen-bond donors (Lipinski definition) is 2. The molecule has 6 heteroatoms. The zero-order chi connectivity index (χ0) is 28.8. The average Bonchev–Trinajstić information content (AvgIpc) is 2.95. The summed E-state index contributed by atoms with van der Waals surface area (Å²) in [4.78, 5) is 0. The number of rotatable bonds is 18. The topological polar surface area (TPSA) is 42.5 Å². The predicted molar refractivity (Wildman–Crippen MR) is 181 cm³/mol. The summed E-state index contributed by atoms with van der Waals surface area (Å²) in [6.45, 7) is 14.7. The smallest absolute Gasteiger partial charge is 0.175 e. The lowest BCUT2D eigenvalue weighted by atomic mass is 10.3. The monoisotopic (exact) mass is 575 g/mol. The van der Waals surface area contributed by atoms with Gasteiger partial charge in [-0.2, -0.15) is 0 Å². The van der Waals surface area contributed by atoms with Crippen molar-refractivity contribution in [3.05, 3.63) is 48.5 Å². The van der Waals surface area contributed by atoms with Gasteiger partial charge in [-0.05, 0) is 100 Å². The van der Waals surface area contributed by atoms with E-state index in [9.17, 15) is 0 Å². The second-order valence-corrected chi connectivity index (χ2v) is 15.0. The fourth-order valence-electron chi connectivity index (χ4n) is 4.54. The largest absolute Gasteiger partial charge is 0.494 e. The van der Waals surface area contributed by atoms with Crippen LogP contribution in [0.15, 0.2) is 48.5 Å². The van der Waals surface area contributed by atoms with E-state index in [2.05, 4.69) is 38.3 Å². The summed E-state index contributed by atoms with van der Waals surface area (Å²) < 4.78 is 10.8. The summed E-state index contributed by atoms with van der Waals surface area (Å²) in [5, 5.41) is 6.80. The Hall–Kier alpha value is -1.84. The Morgan fingerprint density at radius 2 is 0.872 bits per heavy atom. The van der Waals surface area contributed by atoms with Crippen LogP contribution in [-0.2, 0) is 0 Å². The van der Waals surface area contributed by atoms with Gasteiger partial charge in [0.25, 0.3) is 0 Å². The fourth-order valence-corrected chi connectivity index (χ4v) is 10.1. The Morgan fingerprint density at radius 1 is 0.564 bits per heavy atom. The normalized spacial score (nSPS) is 10.8. The molecule has 2 rings (SSSR count). The molecule has 2 aromatic rings. The van der Waals surface area contributed by atoms with Gasteiger partial charge in [-0.25, -0.2) is 0 Å². The molecule has 0 amide bonds. The van der Waals surface area contributed by atoms with Crippen LogP contribution in [0.4, 0.5) is 11.4 Å². The molecule has 0 atom stereocenters. The standard InChI is InChI=1S/C17H20N2O2S.C16H36P/c1-3-20-15-9-5-13(6-10-15)18-17(22)19-14-7-11-16(12-8-14)21-4-2;1-5-9-13-17(14-10-6-2,15-11-7-3)16-12-8-4/h5-12H,3-4H2,1-2H3,(H2,18,19,22);5-16H2,1-4H3/q;+1. The summed E-state index contributed by atoms with van der Waals surface area (Å²) in [5.74, 6) is 1.69. The van der Waals surface area contributed by atoms with Crippen molar-refractivity contribution in [2.45, 2.75) is 92.9 Å². The summed E-state index contributed by atoms with van der Waals surface area (Å²) in [5.41, 5.74) is 1.82. The van der Waals surface area contributed by atoms with E-state index < -0.39 is 7.26 Å². The summed E-state index contributed by atoms with van der Waals surface area (Å²) in [6.07, 6.45) is 17.9. The fraction of sp³-hybridized carbons (Fsp3) is 0.606. The first-order valence-corrected chi connectivity index (χ1v) is 18.3. The molecular formula is C33H56N2O2PS+. The van der Waals surface area contributed by atoms with Crippen LogP contribution in [0.1, 0.15) is 92.9 Å². The van der Waals surface area contributed by atoms with Gasteiger partial charge in [0.1, 0.15) is 11.5 Å². The second-order valence-electron chi connectivity index (χ2n) is 10.1. The van der Waals surface area contributed by atoms with Crippen molar-refractivity contribution < 1.29 is 9.47 Å². The number of nitrogens with one attached hydrogen (secondary N) is 2. The summed E-state index contributed by atoms with van der Waals surface area (Å²) in [6, 6.07) is 15.3. The maximum absolute atomic E-state index is 5.40. The minimum Gasteiger partial charge on any atom is -0.494 e. The Morgan fingerprint density at radius 3 is 1.13 bits per heavy atom. The van der Waals surface area contributed by atoms with E-state index in [0.29, 0.717) is 18.3 Å². The van der Waals surface area contributed by atoms with Gasteiger partial charge in [0, 0.05) is 18.6 Å². The summed E-state index contributed by atoms with van der Waals surface area (Å²) >= 11 is 5.30. The van der Waals surface area contributed by atoms with Gasteiger partial charge < -0.3 is 20.1 Å². The van der Waals surface area contributed by atoms with Gasteiger partial charge in [-0.15, -0.1) is 0 Å². The zero-order valence-corrected chi connectivity index (χ0v) is 27.4. The molecule has 0 aromatic heterocycles. The van der Waals surface area contributed by atoms with Gasteiger partial charge in [0.05, 0.1) is 37.9 Å². The highest BCUT2D eigenvalue weighted by Gasteiger charge is 2.34. The van der Waals surface area contributed by atoms with Gasteiger partial charge in [0.15, 0.2) is 5.11 Å². The minimum atomic E-state index is -0.562. The third kappa shape index (κ3) is 15.5. The van der Waals surface area contributed by atoms with E-state index in [4.69, 9.17) is 21.7 Å². The van der Waals surface area contributed by atoms with Crippen molar-refractivity contribution in [1.29, 1.82) is 0 Å². The zero-order valence-electron chi connectivity index (χ0n) is 25.7. The first-order chi connectivity index (χ1) is 18.9. The highest BCUT2D eigenvalue weighted by atomic mass is 32.1. The molecule has 0 spiro atoms. The molecule has 0 aliphatic rings. The SMILES string of the molecule is CCCC[P+](CCCC)(CCCC)CCCC.CCOc1ccc(NC(=S)Nc2ccc(OCC)cc2)cc1. The molecule has 0 fully saturated rings. The average molecular weight is 576 g/mol. The number of ether oxygens (including phenoxy) is 2. The number of unbranched alkanes of at least 4 members (excludes halogenated alkanes) is 4. The Balaban J connectivity index is 0.000000406. The molecule has 0 heterocycles. The molecular weight excluding hydrogens is 519 g/mol. The van der Waals surface area contributed by atoms with Gasteiger partial charge in [-0.3, -0.25) is 0 Å². The van der Waals surface area contributed by atoms with Crippen LogP contribution < -0.4 is 20.1 Å². The molecule has 0 saturated heterocycles. The van der Waals surface area contributed by atoms with Crippen LogP contribution in [0.3, 0.4) is 0 Å². The van der Waals surface area contributed by atoms with E-state index in [-0.39, 0.29) is 0 Å². The first kappa shape index (κ1) is 35.2. The van der Waals surface area contributed by atoms with Crippen LogP contribution in [0, 0.1) is 0 Å². The Bertz CT molecular complexity index is 783. The minimum absolute atomic E-state index is 0.535. The third-order valence-electron chi connectivity index (χ3n) is 6.79. The van der Waals surface area contributed by atoms with Crippen LogP contribution in [-0.4, -0.2) is 43.0 Å².